The van der Waals surface area contributed by atoms with Crippen molar-refractivity contribution in [3.63, 3.8) is 0 Å². The Balaban J connectivity index is 1.37. The van der Waals surface area contributed by atoms with Gasteiger partial charge < -0.3 is 10.5 Å². The molecule has 3 aromatic carbocycles. The topological polar surface area (TPSA) is 81.6 Å². The summed E-state index contributed by atoms with van der Waals surface area (Å²) in [6.07, 6.45) is 2.75. The summed E-state index contributed by atoms with van der Waals surface area (Å²) in [5, 5.41) is 4.50. The van der Waals surface area contributed by atoms with E-state index in [9.17, 15) is 0 Å². The molecule has 35 heavy (non-hydrogen) atoms. The molecular weight excluding hydrogens is 436 g/mol. The van der Waals surface area contributed by atoms with Crippen molar-refractivity contribution in [1.82, 2.24) is 24.5 Å². The standard InChI is InChI=1S/C28H26N6O/c29-27-26-25(22-10-5-12-24(16-22)35-18-20-7-2-1-3-8-20)32-28(34(26)31-19-30-27)23-11-4-9-21(15-23)17-33-13-6-14-33/h1-5,7-12,15-16,19H,6,13-14,17-18H2,(H2,29,30,31). The van der Waals surface area contributed by atoms with Gasteiger partial charge >= 0.3 is 0 Å². The van der Waals surface area contributed by atoms with Crippen LogP contribution in [0.15, 0.2) is 85.2 Å². The minimum atomic E-state index is 0.390. The molecule has 7 heteroatoms. The second kappa shape index (κ2) is 9.19. The molecule has 174 valence electrons. The fraction of sp³-hybridized carbons (Fsp3) is 0.179. The first-order chi connectivity index (χ1) is 17.2. The van der Waals surface area contributed by atoms with Crippen LogP contribution in [-0.4, -0.2) is 37.6 Å². The lowest BCUT2D eigenvalue weighted by Gasteiger charge is -2.30. The zero-order valence-electron chi connectivity index (χ0n) is 19.3. The lowest BCUT2D eigenvalue weighted by Crippen LogP contribution is -2.36. The summed E-state index contributed by atoms with van der Waals surface area (Å²) in [7, 11) is 0. The molecule has 6 rings (SSSR count). The molecule has 2 aromatic heterocycles. The largest absolute Gasteiger partial charge is 0.489 e. The summed E-state index contributed by atoms with van der Waals surface area (Å²) in [4.78, 5) is 11.7. The van der Waals surface area contributed by atoms with Crippen LogP contribution in [0.4, 0.5) is 5.82 Å². The Morgan fingerprint density at radius 3 is 2.49 bits per heavy atom. The number of benzene rings is 3. The summed E-state index contributed by atoms with van der Waals surface area (Å²) in [5.41, 5.74) is 12.0. The zero-order valence-corrected chi connectivity index (χ0v) is 19.3. The summed E-state index contributed by atoms with van der Waals surface area (Å²) in [6, 6.07) is 26.5. The number of likely N-dealkylation sites (tertiary alicyclic amines) is 1. The van der Waals surface area contributed by atoms with E-state index in [-0.39, 0.29) is 0 Å². The molecule has 1 aliphatic rings. The van der Waals surface area contributed by atoms with Gasteiger partial charge in [0.2, 0.25) is 0 Å². The first-order valence-corrected chi connectivity index (χ1v) is 11.8. The fourth-order valence-electron chi connectivity index (χ4n) is 4.42. The average Bonchev–Trinajstić information content (AvgIpc) is 3.27. The van der Waals surface area contributed by atoms with Crippen molar-refractivity contribution in [2.24, 2.45) is 0 Å². The van der Waals surface area contributed by atoms with Crippen molar-refractivity contribution in [1.29, 1.82) is 0 Å². The summed E-state index contributed by atoms with van der Waals surface area (Å²) in [5.74, 6) is 1.90. The number of ether oxygens (including phenoxy) is 1. The fourth-order valence-corrected chi connectivity index (χ4v) is 4.42. The van der Waals surface area contributed by atoms with Gasteiger partial charge in [-0.15, -0.1) is 0 Å². The van der Waals surface area contributed by atoms with E-state index in [1.165, 1.54) is 18.3 Å². The second-order valence-electron chi connectivity index (χ2n) is 8.82. The highest BCUT2D eigenvalue weighted by Crippen LogP contribution is 2.33. The van der Waals surface area contributed by atoms with E-state index in [1.807, 2.05) is 54.6 Å². The molecule has 5 aromatic rings. The first kappa shape index (κ1) is 21.3. The Labute approximate surface area is 203 Å². The van der Waals surface area contributed by atoms with E-state index >= 15 is 0 Å². The molecule has 0 amide bonds. The van der Waals surface area contributed by atoms with Crippen molar-refractivity contribution < 1.29 is 4.74 Å². The van der Waals surface area contributed by atoms with Crippen LogP contribution in [0.1, 0.15) is 17.5 Å². The molecule has 0 radical (unpaired) electrons. The molecule has 0 spiro atoms. The molecule has 1 fully saturated rings. The Kier molecular flexibility index (Phi) is 5.60. The molecule has 0 atom stereocenters. The van der Waals surface area contributed by atoms with Crippen molar-refractivity contribution in [3.05, 3.63) is 96.3 Å². The van der Waals surface area contributed by atoms with E-state index in [0.717, 1.165) is 53.6 Å². The van der Waals surface area contributed by atoms with Crippen molar-refractivity contribution in [2.75, 3.05) is 18.8 Å². The first-order valence-electron chi connectivity index (χ1n) is 11.8. The number of nitrogen functional groups attached to an aromatic ring is 1. The Morgan fingerprint density at radius 2 is 1.66 bits per heavy atom. The summed E-state index contributed by atoms with van der Waals surface area (Å²) in [6.45, 7) is 3.76. The Morgan fingerprint density at radius 1 is 0.857 bits per heavy atom. The number of hydrogen-bond donors (Lipinski definition) is 1. The van der Waals surface area contributed by atoms with Gasteiger partial charge in [0.15, 0.2) is 11.6 Å². The molecule has 3 heterocycles. The van der Waals surface area contributed by atoms with Gasteiger partial charge in [0.05, 0.1) is 0 Å². The van der Waals surface area contributed by atoms with Crippen LogP contribution in [0, 0.1) is 0 Å². The van der Waals surface area contributed by atoms with Crippen molar-refractivity contribution in [3.8, 4) is 28.4 Å². The SMILES string of the molecule is Nc1ncnn2c(-c3cccc(CN4CCC4)c3)nc(-c3cccc(OCc4ccccc4)c3)c12. The van der Waals surface area contributed by atoms with Crippen LogP contribution in [0.3, 0.4) is 0 Å². The van der Waals surface area contributed by atoms with Crippen LogP contribution in [0.2, 0.25) is 0 Å². The molecule has 0 unspecified atom stereocenters. The van der Waals surface area contributed by atoms with E-state index in [4.69, 9.17) is 15.5 Å². The maximum absolute atomic E-state index is 6.33. The van der Waals surface area contributed by atoms with Gasteiger partial charge in [0, 0.05) is 17.7 Å². The van der Waals surface area contributed by atoms with E-state index in [0.29, 0.717) is 17.9 Å². The summed E-state index contributed by atoms with van der Waals surface area (Å²) >= 11 is 0. The lowest BCUT2D eigenvalue weighted by atomic mass is 10.1. The second-order valence-corrected chi connectivity index (χ2v) is 8.82. The van der Waals surface area contributed by atoms with Gasteiger partial charge in [0.25, 0.3) is 0 Å². The van der Waals surface area contributed by atoms with Crippen LogP contribution in [-0.2, 0) is 13.2 Å². The summed E-state index contributed by atoms with van der Waals surface area (Å²) < 4.78 is 7.84. The third-order valence-corrected chi connectivity index (χ3v) is 6.36. The molecule has 0 bridgehead atoms. The number of imidazole rings is 1. The van der Waals surface area contributed by atoms with Crippen molar-refractivity contribution >= 4 is 11.3 Å². The highest BCUT2D eigenvalue weighted by Gasteiger charge is 2.20. The molecule has 7 nitrogen and oxygen atoms in total. The van der Waals surface area contributed by atoms with Crippen LogP contribution in [0.25, 0.3) is 28.2 Å². The zero-order chi connectivity index (χ0) is 23.6. The Bertz CT molecular complexity index is 1480. The molecular formula is C28H26N6O. The minimum absolute atomic E-state index is 0.390. The average molecular weight is 463 g/mol. The number of rotatable bonds is 7. The van der Waals surface area contributed by atoms with Gasteiger partial charge in [-0.25, -0.2) is 14.5 Å². The predicted molar refractivity (Wildman–Crippen MR) is 137 cm³/mol. The normalized spacial score (nSPS) is 13.6. The maximum Gasteiger partial charge on any atom is 0.162 e. The number of nitrogens with zero attached hydrogens (tertiary/aromatic N) is 5. The van der Waals surface area contributed by atoms with Crippen LogP contribution in [0.5, 0.6) is 5.75 Å². The van der Waals surface area contributed by atoms with Crippen molar-refractivity contribution in [2.45, 2.75) is 19.6 Å². The molecule has 0 aliphatic carbocycles. The molecule has 0 saturated carbocycles. The smallest absolute Gasteiger partial charge is 0.162 e. The molecule has 1 aliphatic heterocycles. The minimum Gasteiger partial charge on any atom is -0.489 e. The number of anilines is 1. The third kappa shape index (κ3) is 4.34. The Hall–Kier alpha value is -4.23. The molecule has 2 N–H and O–H groups in total. The van der Waals surface area contributed by atoms with Gasteiger partial charge in [-0.05, 0) is 48.8 Å². The maximum atomic E-state index is 6.33. The van der Waals surface area contributed by atoms with E-state index in [1.54, 1.807) is 4.52 Å². The lowest BCUT2D eigenvalue weighted by molar-refractivity contribution is 0.172. The highest BCUT2D eigenvalue weighted by molar-refractivity contribution is 5.87. The monoisotopic (exact) mass is 462 g/mol. The van der Waals surface area contributed by atoms with E-state index in [2.05, 4.69) is 39.2 Å². The number of aromatic nitrogens is 4. The predicted octanol–water partition coefficient (Wildman–Crippen LogP) is 4.83. The van der Waals surface area contributed by atoms with Gasteiger partial charge in [-0.3, -0.25) is 4.90 Å². The third-order valence-electron chi connectivity index (χ3n) is 6.36. The van der Waals surface area contributed by atoms with Crippen LogP contribution < -0.4 is 10.5 Å². The van der Waals surface area contributed by atoms with Crippen LogP contribution >= 0.6 is 0 Å². The van der Waals surface area contributed by atoms with Gasteiger partial charge in [-0.1, -0.05) is 60.7 Å². The number of nitrogens with two attached hydrogens (primary N) is 1. The number of fused-ring (bicyclic) bond motifs is 1. The highest BCUT2D eigenvalue weighted by atomic mass is 16.5. The van der Waals surface area contributed by atoms with Gasteiger partial charge in [0.1, 0.15) is 29.9 Å². The van der Waals surface area contributed by atoms with Gasteiger partial charge in [-0.2, -0.15) is 5.10 Å². The van der Waals surface area contributed by atoms with E-state index < -0.39 is 0 Å². The molecule has 1 saturated heterocycles. The quantitative estimate of drug-likeness (QED) is 0.373. The number of hydrogen-bond acceptors (Lipinski definition) is 6.